The number of hydrogen-bond donors (Lipinski definition) is 1. The van der Waals surface area contributed by atoms with E-state index in [1.54, 1.807) is 0 Å². The molecule has 0 aromatic heterocycles. The second kappa shape index (κ2) is 5.01. The van der Waals surface area contributed by atoms with Crippen LogP contribution in [0.25, 0.3) is 0 Å². The van der Waals surface area contributed by atoms with E-state index in [-0.39, 0.29) is 11.8 Å². The van der Waals surface area contributed by atoms with Gasteiger partial charge in [0.05, 0.1) is 0 Å². The average molecular weight is 177 g/mol. The first-order valence-electron chi connectivity index (χ1n) is 3.17. The fourth-order valence-corrected chi connectivity index (χ4v) is 1.03. The molecule has 0 aliphatic carbocycles. The summed E-state index contributed by atoms with van der Waals surface area (Å²) >= 11 is 1.11. The van der Waals surface area contributed by atoms with Crippen LogP contribution in [-0.4, -0.2) is 40.6 Å². The number of likely N-dealkylation sites (N-methyl/N-ethyl adjacent to an activating group) is 1. The molecule has 0 spiro atoms. The van der Waals surface area contributed by atoms with Crippen molar-refractivity contribution in [2.24, 2.45) is 0 Å². The van der Waals surface area contributed by atoms with Gasteiger partial charge in [-0.25, -0.2) is 0 Å². The summed E-state index contributed by atoms with van der Waals surface area (Å²) in [4.78, 5) is 22.2. The maximum atomic E-state index is 10.9. The molecule has 0 aromatic rings. The number of carboxylic acid groups (broad SMARTS) is 1. The van der Waals surface area contributed by atoms with Crippen molar-refractivity contribution < 1.29 is 14.7 Å². The summed E-state index contributed by atoms with van der Waals surface area (Å²) in [7, 11) is 1.47. The number of amides is 1. The Morgan fingerprint density at radius 1 is 1.55 bits per heavy atom. The van der Waals surface area contributed by atoms with Crippen LogP contribution in [0.15, 0.2) is 0 Å². The van der Waals surface area contributed by atoms with Gasteiger partial charge >= 0.3 is 5.97 Å². The van der Waals surface area contributed by atoms with Crippen molar-refractivity contribution in [1.82, 2.24) is 4.90 Å². The Kier molecular flexibility index (Phi) is 4.69. The molecule has 0 saturated carbocycles. The molecule has 0 fully saturated rings. The zero-order valence-corrected chi connectivity index (χ0v) is 7.35. The van der Waals surface area contributed by atoms with E-state index >= 15 is 0 Å². The molecular weight excluding hydrogens is 166 g/mol. The number of carbonyl (C=O) groups excluding carboxylic acids is 1. The molecule has 0 aliphatic rings. The second-order valence-electron chi connectivity index (χ2n) is 1.95. The van der Waals surface area contributed by atoms with Gasteiger partial charge in [0.2, 0.25) is 0 Å². The maximum absolute atomic E-state index is 10.9. The van der Waals surface area contributed by atoms with Crippen molar-refractivity contribution in [3.8, 4) is 0 Å². The first-order chi connectivity index (χ1) is 5.07. The Labute approximate surface area is 69.6 Å². The normalized spacial score (nSPS) is 9.27. The summed E-state index contributed by atoms with van der Waals surface area (Å²) in [6.45, 7) is 1.61. The second-order valence-corrected chi connectivity index (χ2v) is 3.16. The number of hydrogen-bond acceptors (Lipinski definition) is 3. The van der Waals surface area contributed by atoms with E-state index in [1.165, 1.54) is 11.9 Å². The first-order valence-corrected chi connectivity index (χ1v) is 4.16. The molecule has 1 N–H and O–H groups in total. The van der Waals surface area contributed by atoms with E-state index in [0.717, 1.165) is 11.8 Å². The van der Waals surface area contributed by atoms with Crippen LogP contribution in [0, 0.1) is 0 Å². The monoisotopic (exact) mass is 177 g/mol. The summed E-state index contributed by atoms with van der Waals surface area (Å²) in [5.41, 5.74) is 0. The Morgan fingerprint density at radius 2 is 2.09 bits per heavy atom. The third kappa shape index (κ3) is 4.66. The van der Waals surface area contributed by atoms with Gasteiger partial charge in [0, 0.05) is 7.05 Å². The van der Waals surface area contributed by atoms with Gasteiger partial charge in [-0.3, -0.25) is 9.59 Å². The summed E-state index contributed by atoms with van der Waals surface area (Å²) in [5.74, 6) is -0.319. The third-order valence-corrected chi connectivity index (χ3v) is 1.80. The van der Waals surface area contributed by atoms with E-state index in [0.29, 0.717) is 5.75 Å². The minimum Gasteiger partial charge on any atom is -0.480 e. The average Bonchev–Trinajstić information content (AvgIpc) is 1.86. The summed E-state index contributed by atoms with van der Waals surface area (Å²) in [6, 6.07) is 0. The van der Waals surface area contributed by atoms with Gasteiger partial charge < -0.3 is 10.0 Å². The molecule has 11 heavy (non-hydrogen) atoms. The number of nitrogens with zero attached hydrogens (tertiary/aromatic N) is 1. The van der Waals surface area contributed by atoms with Gasteiger partial charge in [-0.15, -0.1) is 0 Å². The van der Waals surface area contributed by atoms with E-state index in [1.807, 2.05) is 6.92 Å². The zero-order valence-electron chi connectivity index (χ0n) is 6.53. The zero-order chi connectivity index (χ0) is 8.85. The van der Waals surface area contributed by atoms with Crippen molar-refractivity contribution in [1.29, 1.82) is 0 Å². The summed E-state index contributed by atoms with van der Waals surface area (Å²) in [6.07, 6.45) is 0. The molecule has 1 amide bonds. The minimum atomic E-state index is -0.988. The van der Waals surface area contributed by atoms with Crippen LogP contribution in [0.4, 0.5) is 4.79 Å². The van der Waals surface area contributed by atoms with Crippen molar-refractivity contribution in [2.75, 3.05) is 19.3 Å². The highest BCUT2D eigenvalue weighted by molar-refractivity contribution is 8.13. The molecule has 0 radical (unpaired) electrons. The summed E-state index contributed by atoms with van der Waals surface area (Å²) in [5, 5.41) is 8.10. The highest BCUT2D eigenvalue weighted by Gasteiger charge is 2.10. The van der Waals surface area contributed by atoms with Gasteiger partial charge in [0.1, 0.15) is 6.54 Å². The van der Waals surface area contributed by atoms with Crippen molar-refractivity contribution in [2.45, 2.75) is 6.92 Å². The number of aliphatic carboxylic acids is 1. The molecule has 0 atom stereocenters. The van der Waals surface area contributed by atoms with E-state index in [2.05, 4.69) is 0 Å². The number of carboxylic acids is 1. The SMILES string of the molecule is CCSC(=O)N(C)CC(=O)O. The number of thioether (sulfide) groups is 1. The lowest BCUT2D eigenvalue weighted by Crippen LogP contribution is -2.28. The molecule has 0 heterocycles. The molecule has 0 aliphatic heterocycles. The maximum Gasteiger partial charge on any atom is 0.323 e. The summed E-state index contributed by atoms with van der Waals surface area (Å²) < 4.78 is 0. The topological polar surface area (TPSA) is 57.6 Å². The van der Waals surface area contributed by atoms with Gasteiger partial charge in [-0.2, -0.15) is 0 Å². The van der Waals surface area contributed by atoms with Crippen LogP contribution < -0.4 is 0 Å². The lowest BCUT2D eigenvalue weighted by molar-refractivity contribution is -0.137. The predicted molar refractivity (Wildman–Crippen MR) is 43.8 cm³/mol. The Hall–Kier alpha value is -0.710. The number of rotatable bonds is 3. The Morgan fingerprint density at radius 3 is 2.45 bits per heavy atom. The van der Waals surface area contributed by atoms with Gasteiger partial charge in [0.15, 0.2) is 0 Å². The molecule has 0 bridgehead atoms. The Bertz CT molecular complexity index is 160. The van der Waals surface area contributed by atoms with E-state index in [9.17, 15) is 9.59 Å². The van der Waals surface area contributed by atoms with Crippen LogP contribution in [0.3, 0.4) is 0 Å². The van der Waals surface area contributed by atoms with Gasteiger partial charge in [-0.1, -0.05) is 18.7 Å². The Balaban J connectivity index is 3.73. The molecule has 0 unspecified atom stereocenters. The number of carbonyl (C=O) groups is 2. The van der Waals surface area contributed by atoms with Crippen molar-refractivity contribution in [3.05, 3.63) is 0 Å². The van der Waals surface area contributed by atoms with E-state index in [4.69, 9.17) is 5.11 Å². The molecule has 64 valence electrons. The molecular formula is C6H11NO3S. The van der Waals surface area contributed by atoms with Crippen molar-refractivity contribution >= 4 is 23.0 Å². The van der Waals surface area contributed by atoms with Crippen LogP contribution >= 0.6 is 11.8 Å². The predicted octanol–water partition coefficient (Wildman–Crippen LogP) is 0.876. The van der Waals surface area contributed by atoms with Crippen LogP contribution in [-0.2, 0) is 4.79 Å². The molecule has 0 rings (SSSR count). The largest absolute Gasteiger partial charge is 0.480 e. The van der Waals surface area contributed by atoms with Crippen molar-refractivity contribution in [3.63, 3.8) is 0 Å². The lowest BCUT2D eigenvalue weighted by atomic mass is 10.6. The van der Waals surface area contributed by atoms with Gasteiger partial charge in [0.25, 0.3) is 5.24 Å². The standard InChI is InChI=1S/C6H11NO3S/c1-3-11-6(10)7(2)4-5(8)9/h3-4H2,1-2H3,(H,8,9). The quantitative estimate of drug-likeness (QED) is 0.695. The fraction of sp³-hybridized carbons (Fsp3) is 0.667. The fourth-order valence-electron chi connectivity index (χ4n) is 0.501. The lowest BCUT2D eigenvalue weighted by Gasteiger charge is -2.12. The highest BCUT2D eigenvalue weighted by Crippen LogP contribution is 2.05. The molecule has 0 aromatic carbocycles. The minimum absolute atomic E-state index is 0.199. The third-order valence-electron chi connectivity index (χ3n) is 0.952. The first kappa shape index (κ1) is 10.3. The van der Waals surface area contributed by atoms with Crippen LogP contribution in [0.1, 0.15) is 6.92 Å². The van der Waals surface area contributed by atoms with Gasteiger partial charge in [-0.05, 0) is 5.75 Å². The van der Waals surface area contributed by atoms with Crippen LogP contribution in [0.2, 0.25) is 0 Å². The van der Waals surface area contributed by atoms with E-state index < -0.39 is 5.97 Å². The smallest absolute Gasteiger partial charge is 0.323 e. The van der Waals surface area contributed by atoms with Crippen LogP contribution in [0.5, 0.6) is 0 Å². The molecule has 0 saturated heterocycles. The highest BCUT2D eigenvalue weighted by atomic mass is 32.2. The molecule has 5 heteroatoms. The molecule has 4 nitrogen and oxygen atoms in total.